The van der Waals surface area contributed by atoms with Gasteiger partial charge in [-0.3, -0.25) is 9.59 Å². The topological polar surface area (TPSA) is 60.9 Å². The average Bonchev–Trinajstić information content (AvgIpc) is 2.42. The summed E-state index contributed by atoms with van der Waals surface area (Å²) in [6.45, 7) is 3.70. The monoisotopic (exact) mass is 276 g/mol. The second-order valence-corrected chi connectivity index (χ2v) is 5.20. The summed E-state index contributed by atoms with van der Waals surface area (Å²) >= 11 is 0. The molecule has 1 saturated heterocycles. The van der Waals surface area contributed by atoms with Crippen LogP contribution in [-0.2, 0) is 15.2 Å². The normalized spacial score (nSPS) is 18.6. The van der Waals surface area contributed by atoms with Crippen molar-refractivity contribution < 1.29 is 14.7 Å². The number of nitrogens with zero attached hydrogens (tertiary/aromatic N) is 2. The maximum Gasteiger partial charge on any atom is 0.240 e. The molecule has 1 aliphatic heterocycles. The third kappa shape index (κ3) is 2.89. The number of carbonyl (C=O) groups excluding carboxylic acids is 2. The van der Waals surface area contributed by atoms with Crippen LogP contribution in [-0.4, -0.2) is 40.0 Å². The molecule has 1 fully saturated rings. The molecule has 108 valence electrons. The van der Waals surface area contributed by atoms with Crippen LogP contribution in [0.4, 0.5) is 0 Å². The molecule has 0 spiro atoms. The highest BCUT2D eigenvalue weighted by molar-refractivity contribution is 5.92. The second kappa shape index (κ2) is 5.73. The smallest absolute Gasteiger partial charge is 0.240 e. The predicted octanol–water partition coefficient (Wildman–Crippen LogP) is 1.28. The van der Waals surface area contributed by atoms with Crippen LogP contribution in [0.2, 0.25) is 0 Å². The summed E-state index contributed by atoms with van der Waals surface area (Å²) < 4.78 is 0. The standard InChI is InChI=1S/C15H20N2O3/c1-12(18)17(13(2)19)16-10-8-15(20,9-11-16)14-6-4-3-5-7-14/h3-7,20H,8-11H2,1-2H3. The molecule has 0 bridgehead atoms. The van der Waals surface area contributed by atoms with E-state index in [4.69, 9.17) is 0 Å². The van der Waals surface area contributed by atoms with Crippen LogP contribution in [0.5, 0.6) is 0 Å². The molecule has 1 aromatic carbocycles. The molecule has 0 unspecified atom stereocenters. The van der Waals surface area contributed by atoms with Crippen molar-refractivity contribution in [1.29, 1.82) is 0 Å². The number of hydrogen-bond donors (Lipinski definition) is 1. The van der Waals surface area contributed by atoms with E-state index in [-0.39, 0.29) is 11.8 Å². The van der Waals surface area contributed by atoms with Gasteiger partial charge in [-0.2, -0.15) is 0 Å². The molecule has 1 aliphatic rings. The van der Waals surface area contributed by atoms with Crippen molar-refractivity contribution in [3.63, 3.8) is 0 Å². The number of imide groups is 1. The summed E-state index contributed by atoms with van der Waals surface area (Å²) in [5.74, 6) is -0.578. The van der Waals surface area contributed by atoms with Crippen molar-refractivity contribution in [3.8, 4) is 0 Å². The first-order chi connectivity index (χ1) is 9.44. The molecule has 5 nitrogen and oxygen atoms in total. The van der Waals surface area contributed by atoms with Crippen molar-refractivity contribution in [1.82, 2.24) is 10.0 Å². The van der Waals surface area contributed by atoms with Gasteiger partial charge in [0.05, 0.1) is 5.60 Å². The molecule has 1 heterocycles. The molecule has 2 amide bonds. The Labute approximate surface area is 118 Å². The summed E-state index contributed by atoms with van der Waals surface area (Å²) in [7, 11) is 0. The summed E-state index contributed by atoms with van der Waals surface area (Å²) in [4.78, 5) is 23.0. The fourth-order valence-electron chi connectivity index (χ4n) is 2.72. The Kier molecular flexibility index (Phi) is 4.20. The largest absolute Gasteiger partial charge is 0.385 e. The van der Waals surface area contributed by atoms with Crippen LogP contribution in [0, 0.1) is 0 Å². The number of benzene rings is 1. The maximum atomic E-state index is 11.5. The van der Waals surface area contributed by atoms with E-state index in [0.29, 0.717) is 25.9 Å². The average molecular weight is 276 g/mol. The summed E-state index contributed by atoms with van der Waals surface area (Å²) in [6, 6.07) is 9.52. The highest BCUT2D eigenvalue weighted by Gasteiger charge is 2.36. The minimum atomic E-state index is -0.878. The molecule has 5 heteroatoms. The highest BCUT2D eigenvalue weighted by Crippen LogP contribution is 2.33. The van der Waals surface area contributed by atoms with Crippen molar-refractivity contribution in [2.75, 3.05) is 13.1 Å². The van der Waals surface area contributed by atoms with Gasteiger partial charge >= 0.3 is 0 Å². The predicted molar refractivity (Wildman–Crippen MR) is 74.3 cm³/mol. The zero-order chi connectivity index (χ0) is 14.8. The Bertz CT molecular complexity index is 479. The number of carbonyl (C=O) groups is 2. The molecular formula is C15H20N2O3. The van der Waals surface area contributed by atoms with Gasteiger partial charge in [-0.05, 0) is 18.4 Å². The highest BCUT2D eigenvalue weighted by atomic mass is 16.3. The van der Waals surface area contributed by atoms with Gasteiger partial charge in [0.1, 0.15) is 0 Å². The molecule has 0 atom stereocenters. The second-order valence-electron chi connectivity index (χ2n) is 5.20. The van der Waals surface area contributed by atoms with Gasteiger partial charge in [-0.15, -0.1) is 0 Å². The van der Waals surface area contributed by atoms with E-state index in [1.807, 2.05) is 30.3 Å². The van der Waals surface area contributed by atoms with E-state index in [0.717, 1.165) is 10.6 Å². The summed E-state index contributed by atoms with van der Waals surface area (Å²) in [5.41, 5.74) is 0.00800. The van der Waals surface area contributed by atoms with Crippen molar-refractivity contribution in [2.24, 2.45) is 0 Å². The number of hydrazine groups is 1. The van der Waals surface area contributed by atoms with Gasteiger partial charge in [-0.1, -0.05) is 30.3 Å². The van der Waals surface area contributed by atoms with Crippen LogP contribution < -0.4 is 0 Å². The van der Waals surface area contributed by atoms with E-state index < -0.39 is 5.60 Å². The van der Waals surface area contributed by atoms with Gasteiger partial charge in [0.2, 0.25) is 11.8 Å². The lowest BCUT2D eigenvalue weighted by atomic mass is 9.85. The first-order valence-electron chi connectivity index (χ1n) is 6.78. The van der Waals surface area contributed by atoms with Crippen LogP contribution in [0.1, 0.15) is 32.3 Å². The lowest BCUT2D eigenvalue weighted by Crippen LogP contribution is -2.54. The lowest BCUT2D eigenvalue weighted by Gasteiger charge is -2.41. The van der Waals surface area contributed by atoms with Crippen molar-refractivity contribution >= 4 is 11.8 Å². The van der Waals surface area contributed by atoms with Crippen molar-refractivity contribution in [3.05, 3.63) is 35.9 Å². The Morgan fingerprint density at radius 1 is 1.10 bits per heavy atom. The minimum absolute atomic E-state index is 0.289. The molecule has 20 heavy (non-hydrogen) atoms. The fraction of sp³-hybridized carbons (Fsp3) is 0.467. The summed E-state index contributed by atoms with van der Waals surface area (Å²) in [5, 5.41) is 13.6. The molecule has 0 radical (unpaired) electrons. The maximum absolute atomic E-state index is 11.5. The van der Waals surface area contributed by atoms with Gasteiger partial charge in [0, 0.05) is 26.9 Å². The van der Waals surface area contributed by atoms with E-state index in [2.05, 4.69) is 0 Å². The molecule has 2 rings (SSSR count). The first kappa shape index (κ1) is 14.7. The Morgan fingerprint density at radius 2 is 1.60 bits per heavy atom. The Morgan fingerprint density at radius 3 is 2.05 bits per heavy atom. The van der Waals surface area contributed by atoms with E-state index in [9.17, 15) is 14.7 Å². The zero-order valence-corrected chi connectivity index (χ0v) is 11.9. The van der Waals surface area contributed by atoms with E-state index in [1.165, 1.54) is 13.8 Å². The van der Waals surface area contributed by atoms with Crippen LogP contribution in [0.3, 0.4) is 0 Å². The van der Waals surface area contributed by atoms with Gasteiger partial charge < -0.3 is 5.11 Å². The Balaban J connectivity index is 2.09. The van der Waals surface area contributed by atoms with Gasteiger partial charge in [0.25, 0.3) is 0 Å². The third-order valence-electron chi connectivity index (χ3n) is 3.76. The zero-order valence-electron chi connectivity index (χ0n) is 11.9. The Hall–Kier alpha value is -1.72. The lowest BCUT2D eigenvalue weighted by molar-refractivity contribution is -0.169. The molecule has 0 saturated carbocycles. The first-order valence-corrected chi connectivity index (χ1v) is 6.78. The fourth-order valence-corrected chi connectivity index (χ4v) is 2.72. The van der Waals surface area contributed by atoms with Crippen LogP contribution in [0.25, 0.3) is 0 Å². The summed E-state index contributed by atoms with van der Waals surface area (Å²) in [6.07, 6.45) is 0.988. The quantitative estimate of drug-likeness (QED) is 0.884. The van der Waals surface area contributed by atoms with Gasteiger partial charge in [0.15, 0.2) is 0 Å². The molecule has 0 aromatic heterocycles. The van der Waals surface area contributed by atoms with E-state index >= 15 is 0 Å². The van der Waals surface area contributed by atoms with E-state index in [1.54, 1.807) is 5.01 Å². The van der Waals surface area contributed by atoms with Crippen molar-refractivity contribution in [2.45, 2.75) is 32.3 Å². The number of hydrogen-bond acceptors (Lipinski definition) is 4. The number of rotatable bonds is 2. The number of piperidine rings is 1. The molecule has 1 N–H and O–H groups in total. The third-order valence-corrected chi connectivity index (χ3v) is 3.76. The SMILES string of the molecule is CC(=O)N(C(C)=O)N1CCC(O)(c2ccccc2)CC1. The van der Waals surface area contributed by atoms with Crippen LogP contribution in [0.15, 0.2) is 30.3 Å². The molecule has 0 aliphatic carbocycles. The molecule has 1 aromatic rings. The van der Waals surface area contributed by atoms with Gasteiger partial charge in [-0.25, -0.2) is 10.0 Å². The van der Waals surface area contributed by atoms with Crippen LogP contribution >= 0.6 is 0 Å². The minimum Gasteiger partial charge on any atom is -0.385 e. The number of aliphatic hydroxyl groups is 1. The number of amides is 2. The molecular weight excluding hydrogens is 256 g/mol.